The Morgan fingerprint density at radius 3 is 2.93 bits per heavy atom. The van der Waals surface area contributed by atoms with Gasteiger partial charge in [-0.3, -0.25) is 4.79 Å². The highest BCUT2D eigenvalue weighted by Gasteiger charge is 2.23. The fourth-order valence-corrected chi connectivity index (χ4v) is 2.29. The first-order valence-corrected chi connectivity index (χ1v) is 5.74. The molecular weight excluding hydrogens is 194 g/mol. The molecule has 4 nitrogen and oxygen atoms in total. The number of hydrogen-bond acceptors (Lipinski definition) is 3. The molecule has 1 fully saturated rings. The van der Waals surface area contributed by atoms with Gasteiger partial charge in [0.2, 0.25) is 0 Å². The van der Waals surface area contributed by atoms with Gasteiger partial charge in [-0.1, -0.05) is 13.3 Å². The van der Waals surface area contributed by atoms with E-state index in [2.05, 4.69) is 11.8 Å². The van der Waals surface area contributed by atoms with Crippen LogP contribution >= 0.6 is 0 Å². The number of carbonyl (C=O) groups is 1. The zero-order chi connectivity index (χ0) is 11.3. The van der Waals surface area contributed by atoms with Crippen LogP contribution in [0.1, 0.15) is 32.6 Å². The van der Waals surface area contributed by atoms with E-state index in [9.17, 15) is 9.90 Å². The SMILES string of the molecule is CCCC1CCN(CC(O)CC(=O)O)C1. The summed E-state index contributed by atoms with van der Waals surface area (Å²) < 4.78 is 0. The molecule has 2 unspecified atom stereocenters. The van der Waals surface area contributed by atoms with Crippen molar-refractivity contribution in [1.29, 1.82) is 0 Å². The lowest BCUT2D eigenvalue weighted by Crippen LogP contribution is -2.32. The van der Waals surface area contributed by atoms with Gasteiger partial charge in [-0.05, 0) is 25.3 Å². The van der Waals surface area contributed by atoms with Crippen LogP contribution in [-0.2, 0) is 4.79 Å². The summed E-state index contributed by atoms with van der Waals surface area (Å²) in [7, 11) is 0. The van der Waals surface area contributed by atoms with Crippen LogP contribution in [0, 0.1) is 5.92 Å². The van der Waals surface area contributed by atoms with Crippen LogP contribution in [-0.4, -0.2) is 46.8 Å². The van der Waals surface area contributed by atoms with E-state index in [4.69, 9.17) is 5.11 Å². The maximum atomic E-state index is 10.4. The maximum absolute atomic E-state index is 10.4. The number of aliphatic carboxylic acids is 1. The number of aliphatic hydroxyl groups excluding tert-OH is 1. The maximum Gasteiger partial charge on any atom is 0.306 e. The van der Waals surface area contributed by atoms with E-state index < -0.39 is 12.1 Å². The summed E-state index contributed by atoms with van der Waals surface area (Å²) in [6, 6.07) is 0. The minimum atomic E-state index is -0.924. The lowest BCUT2D eigenvalue weighted by molar-refractivity contribution is -0.139. The number of hydrogen-bond donors (Lipinski definition) is 2. The molecule has 0 amide bonds. The minimum absolute atomic E-state index is 0.144. The summed E-state index contributed by atoms with van der Waals surface area (Å²) in [5, 5.41) is 18.0. The van der Waals surface area contributed by atoms with Gasteiger partial charge in [-0.2, -0.15) is 0 Å². The third-order valence-corrected chi connectivity index (χ3v) is 2.95. The second-order valence-corrected chi connectivity index (χ2v) is 4.45. The zero-order valence-electron chi connectivity index (χ0n) is 9.35. The molecule has 0 bridgehead atoms. The summed E-state index contributed by atoms with van der Waals surface area (Å²) in [6.45, 7) is 4.71. The van der Waals surface area contributed by atoms with Crippen LogP contribution in [0.4, 0.5) is 0 Å². The van der Waals surface area contributed by atoms with Crippen molar-refractivity contribution in [3.05, 3.63) is 0 Å². The Labute approximate surface area is 90.9 Å². The van der Waals surface area contributed by atoms with Crippen molar-refractivity contribution in [3.63, 3.8) is 0 Å². The van der Waals surface area contributed by atoms with E-state index >= 15 is 0 Å². The second kappa shape index (κ2) is 6.08. The van der Waals surface area contributed by atoms with Crippen LogP contribution < -0.4 is 0 Å². The van der Waals surface area contributed by atoms with Crippen LogP contribution in [0.5, 0.6) is 0 Å². The van der Waals surface area contributed by atoms with Crippen molar-refractivity contribution in [2.75, 3.05) is 19.6 Å². The van der Waals surface area contributed by atoms with Crippen molar-refractivity contribution in [3.8, 4) is 0 Å². The highest BCUT2D eigenvalue weighted by Crippen LogP contribution is 2.20. The summed E-state index contributed by atoms with van der Waals surface area (Å²) in [6.07, 6.45) is 2.77. The average Bonchev–Trinajstić information content (AvgIpc) is 2.51. The molecule has 0 aromatic rings. The van der Waals surface area contributed by atoms with Gasteiger partial charge in [0, 0.05) is 13.1 Å². The van der Waals surface area contributed by atoms with Crippen LogP contribution in [0.2, 0.25) is 0 Å². The number of β-amino-alcohol motifs (C(OH)–C–C–N with tert-alkyl or cyclic N) is 1. The molecule has 1 saturated heterocycles. The van der Waals surface area contributed by atoms with Crippen molar-refractivity contribution in [2.45, 2.75) is 38.7 Å². The topological polar surface area (TPSA) is 60.8 Å². The number of carboxylic acid groups (broad SMARTS) is 1. The highest BCUT2D eigenvalue weighted by atomic mass is 16.4. The smallest absolute Gasteiger partial charge is 0.306 e. The van der Waals surface area contributed by atoms with Gasteiger partial charge in [-0.25, -0.2) is 0 Å². The van der Waals surface area contributed by atoms with E-state index in [0.717, 1.165) is 19.0 Å². The van der Waals surface area contributed by atoms with Crippen LogP contribution in [0.3, 0.4) is 0 Å². The van der Waals surface area contributed by atoms with E-state index in [1.807, 2.05) is 0 Å². The third kappa shape index (κ3) is 4.62. The molecule has 0 aliphatic carbocycles. The number of carboxylic acids is 1. The summed E-state index contributed by atoms with van der Waals surface area (Å²) in [5.41, 5.74) is 0. The molecule has 1 aliphatic rings. The van der Waals surface area contributed by atoms with Gasteiger partial charge >= 0.3 is 5.97 Å². The molecule has 4 heteroatoms. The summed E-state index contributed by atoms with van der Waals surface area (Å²) in [4.78, 5) is 12.5. The Kier molecular flexibility index (Phi) is 5.05. The van der Waals surface area contributed by atoms with Gasteiger partial charge in [0.1, 0.15) is 0 Å². The predicted molar refractivity (Wildman–Crippen MR) is 57.7 cm³/mol. The van der Waals surface area contributed by atoms with Crippen LogP contribution in [0.25, 0.3) is 0 Å². The van der Waals surface area contributed by atoms with E-state index in [0.29, 0.717) is 6.54 Å². The third-order valence-electron chi connectivity index (χ3n) is 2.95. The Morgan fingerprint density at radius 2 is 2.33 bits per heavy atom. The molecular formula is C11H21NO3. The molecule has 88 valence electrons. The van der Waals surface area contributed by atoms with Gasteiger partial charge < -0.3 is 15.1 Å². The molecule has 0 aromatic heterocycles. The lowest BCUT2D eigenvalue weighted by atomic mass is 10.0. The first-order valence-electron chi connectivity index (χ1n) is 5.74. The van der Waals surface area contributed by atoms with Crippen LogP contribution in [0.15, 0.2) is 0 Å². The molecule has 0 saturated carbocycles. The normalized spacial score (nSPS) is 24.3. The number of nitrogens with zero attached hydrogens (tertiary/aromatic N) is 1. The average molecular weight is 215 g/mol. The molecule has 1 rings (SSSR count). The Hall–Kier alpha value is -0.610. The molecule has 0 radical (unpaired) electrons. The zero-order valence-corrected chi connectivity index (χ0v) is 9.35. The standard InChI is InChI=1S/C11H21NO3/c1-2-3-9-4-5-12(7-9)8-10(13)6-11(14)15/h9-10,13H,2-8H2,1H3,(H,14,15). The van der Waals surface area contributed by atoms with E-state index in [-0.39, 0.29) is 6.42 Å². The number of aliphatic hydroxyl groups is 1. The molecule has 2 atom stereocenters. The number of likely N-dealkylation sites (tertiary alicyclic amines) is 1. The van der Waals surface area contributed by atoms with Crippen molar-refractivity contribution in [1.82, 2.24) is 4.90 Å². The lowest BCUT2D eigenvalue weighted by Gasteiger charge is -2.18. The molecule has 1 aliphatic heterocycles. The molecule has 2 N–H and O–H groups in total. The van der Waals surface area contributed by atoms with E-state index in [1.54, 1.807) is 0 Å². The second-order valence-electron chi connectivity index (χ2n) is 4.45. The highest BCUT2D eigenvalue weighted by molar-refractivity contribution is 5.67. The summed E-state index contributed by atoms with van der Waals surface area (Å²) >= 11 is 0. The first-order chi connectivity index (χ1) is 7.11. The fourth-order valence-electron chi connectivity index (χ4n) is 2.29. The monoisotopic (exact) mass is 215 g/mol. The van der Waals surface area contributed by atoms with Gasteiger partial charge in [0.05, 0.1) is 12.5 Å². The Bertz CT molecular complexity index is 208. The molecule has 0 aromatic carbocycles. The van der Waals surface area contributed by atoms with Gasteiger partial charge in [0.25, 0.3) is 0 Å². The summed E-state index contributed by atoms with van der Waals surface area (Å²) in [5.74, 6) is -0.182. The van der Waals surface area contributed by atoms with Crippen molar-refractivity contribution in [2.24, 2.45) is 5.92 Å². The van der Waals surface area contributed by atoms with Crippen molar-refractivity contribution < 1.29 is 15.0 Å². The Balaban J connectivity index is 2.20. The molecule has 0 spiro atoms. The quantitative estimate of drug-likeness (QED) is 0.692. The van der Waals surface area contributed by atoms with Gasteiger partial charge in [-0.15, -0.1) is 0 Å². The first kappa shape index (κ1) is 12.5. The Morgan fingerprint density at radius 1 is 1.60 bits per heavy atom. The van der Waals surface area contributed by atoms with Gasteiger partial charge in [0.15, 0.2) is 0 Å². The minimum Gasteiger partial charge on any atom is -0.481 e. The van der Waals surface area contributed by atoms with Crippen molar-refractivity contribution >= 4 is 5.97 Å². The predicted octanol–water partition coefficient (Wildman–Crippen LogP) is 0.944. The molecule has 1 heterocycles. The molecule has 15 heavy (non-hydrogen) atoms. The largest absolute Gasteiger partial charge is 0.481 e. The van der Waals surface area contributed by atoms with E-state index in [1.165, 1.54) is 19.3 Å². The number of rotatable bonds is 6. The fraction of sp³-hybridized carbons (Fsp3) is 0.909.